The van der Waals surface area contributed by atoms with Crippen LogP contribution in [0.25, 0.3) is 0 Å². The van der Waals surface area contributed by atoms with E-state index in [-0.39, 0.29) is 0 Å². The van der Waals surface area contributed by atoms with Gasteiger partial charge < -0.3 is 5.32 Å². The molecule has 1 aromatic rings. The van der Waals surface area contributed by atoms with Crippen LogP contribution in [0.5, 0.6) is 0 Å². The number of hydrogen-bond donors (Lipinski definition) is 1. The minimum Gasteiger partial charge on any atom is -0.310 e. The molecule has 0 heterocycles. The summed E-state index contributed by atoms with van der Waals surface area (Å²) in [6, 6.07) is 8.57. The van der Waals surface area contributed by atoms with Gasteiger partial charge in [-0.2, -0.15) is 0 Å². The second-order valence-electron chi connectivity index (χ2n) is 4.83. The quantitative estimate of drug-likeness (QED) is 0.829. The first-order chi connectivity index (χ1) is 7.75. The zero-order chi connectivity index (χ0) is 11.4. The fourth-order valence-electron chi connectivity index (χ4n) is 2.43. The summed E-state index contributed by atoms with van der Waals surface area (Å²) in [5, 5.41) is 4.43. The van der Waals surface area contributed by atoms with E-state index in [1.54, 1.807) is 0 Å². The molecule has 0 unspecified atom stereocenters. The monoisotopic (exact) mass is 237 g/mol. The highest BCUT2D eigenvalue weighted by atomic mass is 35.5. The first kappa shape index (κ1) is 11.9. The van der Waals surface area contributed by atoms with Crippen LogP contribution in [0, 0.1) is 5.92 Å². The van der Waals surface area contributed by atoms with Crippen LogP contribution < -0.4 is 5.32 Å². The largest absolute Gasteiger partial charge is 0.310 e. The van der Waals surface area contributed by atoms with Crippen LogP contribution in [-0.4, -0.2) is 6.54 Å². The molecular weight excluding hydrogens is 218 g/mol. The molecule has 0 spiro atoms. The van der Waals surface area contributed by atoms with Gasteiger partial charge in [-0.05, 0) is 49.9 Å². The van der Waals surface area contributed by atoms with Crippen LogP contribution >= 0.6 is 11.6 Å². The highest BCUT2D eigenvalue weighted by Gasteiger charge is 2.15. The van der Waals surface area contributed by atoms with Crippen LogP contribution in [0.4, 0.5) is 0 Å². The lowest BCUT2D eigenvalue weighted by atomic mass is 10.1. The van der Waals surface area contributed by atoms with Crippen molar-refractivity contribution in [3.8, 4) is 0 Å². The lowest BCUT2D eigenvalue weighted by Gasteiger charge is -2.17. The minimum atomic E-state index is 0.429. The van der Waals surface area contributed by atoms with Crippen molar-refractivity contribution in [3.05, 3.63) is 34.9 Å². The summed E-state index contributed by atoms with van der Waals surface area (Å²) in [5.74, 6) is 0.898. The van der Waals surface area contributed by atoms with E-state index in [0.29, 0.717) is 6.04 Å². The number of rotatable bonds is 4. The summed E-state index contributed by atoms with van der Waals surface area (Å²) in [7, 11) is 0. The number of benzene rings is 1. The molecule has 1 aromatic carbocycles. The number of nitrogens with one attached hydrogen (secondary N) is 1. The summed E-state index contributed by atoms with van der Waals surface area (Å²) in [6.07, 6.45) is 5.64. The molecule has 1 aliphatic rings. The van der Waals surface area contributed by atoms with Crippen molar-refractivity contribution >= 4 is 11.6 Å². The SMILES string of the molecule is C[C@H](NCC1CCCC1)c1ccc(Cl)cc1. The third-order valence-electron chi connectivity index (χ3n) is 3.56. The van der Waals surface area contributed by atoms with Gasteiger partial charge in [-0.15, -0.1) is 0 Å². The summed E-state index contributed by atoms with van der Waals surface area (Å²) in [6.45, 7) is 3.38. The van der Waals surface area contributed by atoms with Gasteiger partial charge in [0.1, 0.15) is 0 Å². The summed E-state index contributed by atoms with van der Waals surface area (Å²) in [4.78, 5) is 0. The average Bonchev–Trinajstić information content (AvgIpc) is 2.80. The third-order valence-corrected chi connectivity index (χ3v) is 3.81. The van der Waals surface area contributed by atoms with Crippen molar-refractivity contribution < 1.29 is 0 Å². The Kier molecular flexibility index (Phi) is 4.25. The van der Waals surface area contributed by atoms with E-state index < -0.39 is 0 Å². The molecule has 0 aliphatic heterocycles. The fourth-order valence-corrected chi connectivity index (χ4v) is 2.55. The van der Waals surface area contributed by atoms with E-state index in [9.17, 15) is 0 Å². The molecule has 1 nitrogen and oxygen atoms in total. The van der Waals surface area contributed by atoms with E-state index in [2.05, 4.69) is 24.4 Å². The van der Waals surface area contributed by atoms with Crippen LogP contribution in [0.1, 0.15) is 44.2 Å². The summed E-state index contributed by atoms with van der Waals surface area (Å²) in [5.41, 5.74) is 1.32. The molecule has 0 bridgehead atoms. The van der Waals surface area contributed by atoms with E-state index in [1.807, 2.05) is 12.1 Å². The molecule has 0 amide bonds. The van der Waals surface area contributed by atoms with Crippen molar-refractivity contribution in [1.29, 1.82) is 0 Å². The molecule has 2 rings (SSSR count). The Morgan fingerprint density at radius 2 is 1.88 bits per heavy atom. The Bertz CT molecular complexity index is 314. The van der Waals surface area contributed by atoms with Gasteiger partial charge in [0.2, 0.25) is 0 Å². The molecule has 0 saturated heterocycles. The molecule has 2 heteroatoms. The van der Waals surface area contributed by atoms with E-state index in [0.717, 1.165) is 17.5 Å². The molecular formula is C14H20ClN. The van der Waals surface area contributed by atoms with E-state index >= 15 is 0 Å². The molecule has 1 saturated carbocycles. The van der Waals surface area contributed by atoms with Crippen molar-refractivity contribution in [2.24, 2.45) is 5.92 Å². The zero-order valence-corrected chi connectivity index (χ0v) is 10.6. The maximum Gasteiger partial charge on any atom is 0.0406 e. The summed E-state index contributed by atoms with van der Waals surface area (Å²) < 4.78 is 0. The molecule has 88 valence electrons. The van der Waals surface area contributed by atoms with Gasteiger partial charge in [0.15, 0.2) is 0 Å². The number of hydrogen-bond acceptors (Lipinski definition) is 1. The molecule has 16 heavy (non-hydrogen) atoms. The molecule has 1 atom stereocenters. The fraction of sp³-hybridized carbons (Fsp3) is 0.571. The standard InChI is InChI=1S/C14H20ClN/c1-11(13-6-8-14(15)9-7-13)16-10-12-4-2-3-5-12/h6-9,11-12,16H,2-5,10H2,1H3/t11-/m0/s1. The zero-order valence-electron chi connectivity index (χ0n) is 9.88. The van der Waals surface area contributed by atoms with Gasteiger partial charge in [-0.1, -0.05) is 36.6 Å². The van der Waals surface area contributed by atoms with Crippen molar-refractivity contribution in [3.63, 3.8) is 0 Å². The Balaban J connectivity index is 1.82. The van der Waals surface area contributed by atoms with E-state index in [4.69, 9.17) is 11.6 Å². The Morgan fingerprint density at radius 3 is 2.50 bits per heavy atom. The van der Waals surface area contributed by atoms with Gasteiger partial charge >= 0.3 is 0 Å². The van der Waals surface area contributed by atoms with Crippen LogP contribution in [0.15, 0.2) is 24.3 Å². The summed E-state index contributed by atoms with van der Waals surface area (Å²) >= 11 is 5.88. The Labute approximate surface area is 103 Å². The molecule has 0 radical (unpaired) electrons. The predicted molar refractivity (Wildman–Crippen MR) is 69.8 cm³/mol. The van der Waals surface area contributed by atoms with Gasteiger partial charge in [0.05, 0.1) is 0 Å². The van der Waals surface area contributed by atoms with Crippen LogP contribution in [0.3, 0.4) is 0 Å². The first-order valence-corrected chi connectivity index (χ1v) is 6.62. The molecule has 1 aliphatic carbocycles. The van der Waals surface area contributed by atoms with Gasteiger partial charge in [0, 0.05) is 11.1 Å². The van der Waals surface area contributed by atoms with Gasteiger partial charge in [-0.25, -0.2) is 0 Å². The first-order valence-electron chi connectivity index (χ1n) is 6.24. The Morgan fingerprint density at radius 1 is 1.25 bits per heavy atom. The predicted octanol–water partition coefficient (Wildman–Crippen LogP) is 4.18. The molecule has 1 fully saturated rings. The smallest absolute Gasteiger partial charge is 0.0406 e. The van der Waals surface area contributed by atoms with Crippen LogP contribution in [-0.2, 0) is 0 Å². The Hall–Kier alpha value is -0.530. The van der Waals surface area contributed by atoms with Gasteiger partial charge in [0.25, 0.3) is 0 Å². The minimum absolute atomic E-state index is 0.429. The topological polar surface area (TPSA) is 12.0 Å². The number of halogens is 1. The van der Waals surface area contributed by atoms with Crippen molar-refractivity contribution in [1.82, 2.24) is 5.32 Å². The highest BCUT2D eigenvalue weighted by molar-refractivity contribution is 6.30. The van der Waals surface area contributed by atoms with Gasteiger partial charge in [-0.3, -0.25) is 0 Å². The maximum atomic E-state index is 5.88. The molecule has 1 N–H and O–H groups in total. The second-order valence-corrected chi connectivity index (χ2v) is 5.27. The molecule has 0 aromatic heterocycles. The third kappa shape index (κ3) is 3.23. The van der Waals surface area contributed by atoms with E-state index in [1.165, 1.54) is 31.2 Å². The maximum absolute atomic E-state index is 5.88. The van der Waals surface area contributed by atoms with Crippen LogP contribution in [0.2, 0.25) is 5.02 Å². The lowest BCUT2D eigenvalue weighted by Crippen LogP contribution is -2.24. The lowest BCUT2D eigenvalue weighted by molar-refractivity contribution is 0.452. The second kappa shape index (κ2) is 5.70. The van der Waals surface area contributed by atoms with Crippen molar-refractivity contribution in [2.45, 2.75) is 38.6 Å². The normalized spacial score (nSPS) is 18.9. The van der Waals surface area contributed by atoms with Crippen molar-refractivity contribution in [2.75, 3.05) is 6.54 Å². The highest BCUT2D eigenvalue weighted by Crippen LogP contribution is 2.25. The average molecular weight is 238 g/mol.